The molecule has 2 aromatic carbocycles. The van der Waals surface area contributed by atoms with E-state index in [1.807, 2.05) is 18.2 Å². The van der Waals surface area contributed by atoms with Gasteiger partial charge in [0, 0.05) is 12.1 Å². The third-order valence-electron chi connectivity index (χ3n) is 2.85. The van der Waals surface area contributed by atoms with Crippen molar-refractivity contribution in [3.63, 3.8) is 0 Å². The molecule has 0 radical (unpaired) electrons. The molecule has 0 unspecified atom stereocenters. The molecular weight excluding hydrogens is 322 g/mol. The second-order valence-electron chi connectivity index (χ2n) is 4.22. The van der Waals surface area contributed by atoms with Crippen LogP contribution in [0.2, 0.25) is 0 Å². The topological polar surface area (TPSA) is 72.5 Å². The minimum absolute atomic E-state index is 0.261. The summed E-state index contributed by atoms with van der Waals surface area (Å²) in [7, 11) is 0. The Balaban J connectivity index is 2.11. The van der Waals surface area contributed by atoms with Crippen molar-refractivity contribution in [2.75, 3.05) is 0 Å². The third kappa shape index (κ3) is 3.37. The van der Waals surface area contributed by atoms with E-state index >= 15 is 0 Å². The number of carboxylic acid groups (broad SMARTS) is 1. The number of benzene rings is 2. The summed E-state index contributed by atoms with van der Waals surface area (Å²) >= 11 is 3.43. The summed E-state index contributed by atoms with van der Waals surface area (Å²) in [6.45, 7) is 0.752. The Hall–Kier alpha value is -1.85. The van der Waals surface area contributed by atoms with E-state index < -0.39 is 5.97 Å². The van der Waals surface area contributed by atoms with Crippen LogP contribution in [0.3, 0.4) is 0 Å². The van der Waals surface area contributed by atoms with Crippen molar-refractivity contribution in [2.24, 2.45) is 5.73 Å². The van der Waals surface area contributed by atoms with E-state index in [0.717, 1.165) is 21.3 Å². The van der Waals surface area contributed by atoms with Gasteiger partial charge in [-0.15, -0.1) is 0 Å². The highest BCUT2D eigenvalue weighted by Crippen LogP contribution is 2.29. The van der Waals surface area contributed by atoms with Crippen molar-refractivity contribution in [3.05, 3.63) is 63.6 Å². The van der Waals surface area contributed by atoms with Gasteiger partial charge in [0.1, 0.15) is 12.4 Å². The zero-order chi connectivity index (χ0) is 14.5. The number of hydrogen-bond donors (Lipinski definition) is 2. The summed E-state index contributed by atoms with van der Waals surface area (Å²) < 4.78 is 6.62. The van der Waals surface area contributed by atoms with Crippen molar-refractivity contribution in [3.8, 4) is 5.75 Å². The Labute approximate surface area is 125 Å². The average Bonchev–Trinajstić information content (AvgIpc) is 2.46. The van der Waals surface area contributed by atoms with Gasteiger partial charge in [-0.2, -0.15) is 0 Å². The van der Waals surface area contributed by atoms with E-state index in [1.165, 1.54) is 0 Å². The van der Waals surface area contributed by atoms with E-state index in [2.05, 4.69) is 15.9 Å². The van der Waals surface area contributed by atoms with E-state index in [4.69, 9.17) is 15.6 Å². The Morgan fingerprint density at radius 1 is 1.20 bits per heavy atom. The smallest absolute Gasteiger partial charge is 0.335 e. The summed E-state index contributed by atoms with van der Waals surface area (Å²) in [4.78, 5) is 10.8. The molecule has 104 valence electrons. The summed E-state index contributed by atoms with van der Waals surface area (Å²) in [6.07, 6.45) is 0. The second-order valence-corrected chi connectivity index (χ2v) is 5.08. The van der Waals surface area contributed by atoms with Crippen molar-refractivity contribution < 1.29 is 14.6 Å². The summed E-state index contributed by atoms with van der Waals surface area (Å²) in [6, 6.07) is 12.3. The standard InChI is InChI=1S/C15H14BrNO3/c16-13-3-1-2-12(8-17)14(13)20-9-10-4-6-11(7-5-10)15(18)19/h1-7H,8-9,17H2,(H,18,19). The quantitative estimate of drug-likeness (QED) is 0.880. The lowest BCUT2D eigenvalue weighted by Crippen LogP contribution is -2.04. The zero-order valence-corrected chi connectivity index (χ0v) is 12.3. The van der Waals surface area contributed by atoms with E-state index in [0.29, 0.717) is 13.2 Å². The van der Waals surface area contributed by atoms with Gasteiger partial charge in [0.25, 0.3) is 0 Å². The van der Waals surface area contributed by atoms with Gasteiger partial charge in [0.15, 0.2) is 0 Å². The summed E-state index contributed by atoms with van der Waals surface area (Å²) in [5.41, 5.74) is 7.75. The molecule has 0 saturated heterocycles. The van der Waals surface area contributed by atoms with Crippen LogP contribution in [0.1, 0.15) is 21.5 Å². The van der Waals surface area contributed by atoms with Gasteiger partial charge in [0.05, 0.1) is 10.0 Å². The first-order valence-electron chi connectivity index (χ1n) is 6.04. The van der Waals surface area contributed by atoms with Crippen LogP contribution in [0.4, 0.5) is 0 Å². The first-order chi connectivity index (χ1) is 9.61. The number of aromatic carboxylic acids is 1. The van der Waals surface area contributed by atoms with Crippen LogP contribution in [0.15, 0.2) is 46.9 Å². The van der Waals surface area contributed by atoms with Gasteiger partial charge in [0.2, 0.25) is 0 Å². The third-order valence-corrected chi connectivity index (χ3v) is 3.48. The normalized spacial score (nSPS) is 10.3. The van der Waals surface area contributed by atoms with Crippen LogP contribution in [0, 0.1) is 0 Å². The molecule has 0 atom stereocenters. The minimum Gasteiger partial charge on any atom is -0.487 e. The van der Waals surface area contributed by atoms with Crippen LogP contribution >= 0.6 is 15.9 Å². The van der Waals surface area contributed by atoms with Gasteiger partial charge in [-0.05, 0) is 39.7 Å². The molecule has 0 fully saturated rings. The lowest BCUT2D eigenvalue weighted by molar-refractivity contribution is 0.0697. The summed E-state index contributed by atoms with van der Waals surface area (Å²) in [5, 5.41) is 8.84. The molecule has 0 saturated carbocycles. The van der Waals surface area contributed by atoms with Crippen molar-refractivity contribution >= 4 is 21.9 Å². The number of ether oxygens (including phenoxy) is 1. The predicted molar refractivity (Wildman–Crippen MR) is 79.8 cm³/mol. The van der Waals surface area contributed by atoms with Gasteiger partial charge < -0.3 is 15.6 Å². The molecule has 0 amide bonds. The van der Waals surface area contributed by atoms with Crippen LogP contribution in [-0.2, 0) is 13.2 Å². The fraction of sp³-hybridized carbons (Fsp3) is 0.133. The number of nitrogens with two attached hydrogens (primary N) is 1. The number of carbonyl (C=O) groups is 1. The minimum atomic E-state index is -0.936. The Bertz CT molecular complexity index is 611. The predicted octanol–water partition coefficient (Wildman–Crippen LogP) is 3.19. The molecule has 3 N–H and O–H groups in total. The number of para-hydroxylation sites is 1. The summed E-state index contributed by atoms with van der Waals surface area (Å²) in [5.74, 6) is -0.217. The number of rotatable bonds is 5. The molecule has 2 rings (SSSR count). The largest absolute Gasteiger partial charge is 0.487 e. The number of hydrogen-bond acceptors (Lipinski definition) is 3. The van der Waals surface area contributed by atoms with Crippen LogP contribution < -0.4 is 10.5 Å². The van der Waals surface area contributed by atoms with Crippen molar-refractivity contribution in [1.82, 2.24) is 0 Å². The fourth-order valence-corrected chi connectivity index (χ4v) is 2.30. The highest BCUT2D eigenvalue weighted by Gasteiger charge is 2.07. The molecule has 2 aromatic rings. The number of carboxylic acids is 1. The van der Waals surface area contributed by atoms with Gasteiger partial charge >= 0.3 is 5.97 Å². The Morgan fingerprint density at radius 2 is 1.90 bits per heavy atom. The van der Waals surface area contributed by atoms with Crippen LogP contribution in [0.25, 0.3) is 0 Å². The lowest BCUT2D eigenvalue weighted by Gasteiger charge is -2.12. The Morgan fingerprint density at radius 3 is 2.50 bits per heavy atom. The maximum absolute atomic E-state index is 10.8. The molecule has 4 nitrogen and oxygen atoms in total. The molecule has 0 aromatic heterocycles. The van der Waals surface area contributed by atoms with Crippen LogP contribution in [-0.4, -0.2) is 11.1 Å². The maximum Gasteiger partial charge on any atom is 0.335 e. The number of halogens is 1. The molecular formula is C15H14BrNO3. The van der Waals surface area contributed by atoms with Crippen LogP contribution in [0.5, 0.6) is 5.75 Å². The SMILES string of the molecule is NCc1cccc(Br)c1OCc1ccc(C(=O)O)cc1. The molecule has 0 aliphatic rings. The molecule has 5 heteroatoms. The zero-order valence-electron chi connectivity index (χ0n) is 10.7. The van der Waals surface area contributed by atoms with E-state index in [-0.39, 0.29) is 5.56 Å². The monoisotopic (exact) mass is 335 g/mol. The van der Waals surface area contributed by atoms with E-state index in [1.54, 1.807) is 24.3 Å². The highest BCUT2D eigenvalue weighted by atomic mass is 79.9. The molecule has 0 bridgehead atoms. The van der Waals surface area contributed by atoms with E-state index in [9.17, 15) is 4.79 Å². The van der Waals surface area contributed by atoms with Crippen molar-refractivity contribution in [2.45, 2.75) is 13.2 Å². The molecule has 0 heterocycles. The van der Waals surface area contributed by atoms with Gasteiger partial charge in [-0.25, -0.2) is 4.79 Å². The average molecular weight is 336 g/mol. The molecule has 0 aliphatic carbocycles. The second kappa shape index (κ2) is 6.54. The molecule has 0 spiro atoms. The van der Waals surface area contributed by atoms with Gasteiger partial charge in [-0.1, -0.05) is 24.3 Å². The first kappa shape index (κ1) is 14.6. The molecule has 20 heavy (non-hydrogen) atoms. The van der Waals surface area contributed by atoms with Gasteiger partial charge in [-0.3, -0.25) is 0 Å². The maximum atomic E-state index is 10.8. The highest BCUT2D eigenvalue weighted by molar-refractivity contribution is 9.10. The Kier molecular flexibility index (Phi) is 4.76. The first-order valence-corrected chi connectivity index (χ1v) is 6.83. The van der Waals surface area contributed by atoms with Crippen molar-refractivity contribution in [1.29, 1.82) is 0 Å². The fourth-order valence-electron chi connectivity index (χ4n) is 1.77. The molecule has 0 aliphatic heterocycles. The lowest BCUT2D eigenvalue weighted by atomic mass is 10.1.